The fourth-order valence-electron chi connectivity index (χ4n) is 3.10. The number of hydrogen-bond donors (Lipinski definition) is 1. The van der Waals surface area contributed by atoms with Crippen molar-refractivity contribution in [3.8, 4) is 0 Å². The van der Waals surface area contributed by atoms with Crippen LogP contribution in [0.25, 0.3) is 10.4 Å². The lowest BCUT2D eigenvalue weighted by Crippen LogP contribution is -2.34. The van der Waals surface area contributed by atoms with Crippen LogP contribution in [0.3, 0.4) is 0 Å². The molecule has 3 unspecified atom stereocenters. The van der Waals surface area contributed by atoms with Crippen LogP contribution >= 0.6 is 0 Å². The lowest BCUT2D eigenvalue weighted by atomic mass is 9.88. The number of hydrogen-bond acceptors (Lipinski definition) is 2. The number of azide groups is 1. The Morgan fingerprint density at radius 1 is 1.44 bits per heavy atom. The van der Waals surface area contributed by atoms with E-state index in [1.807, 2.05) is 0 Å². The zero-order valence-electron chi connectivity index (χ0n) is 9.43. The average Bonchev–Trinajstić information content (AvgIpc) is 2.90. The van der Waals surface area contributed by atoms with E-state index in [0.717, 1.165) is 18.8 Å². The summed E-state index contributed by atoms with van der Waals surface area (Å²) in [5, 5.41) is 6.38. The van der Waals surface area contributed by atoms with Gasteiger partial charge >= 0.3 is 0 Å². The van der Waals surface area contributed by atoms with Crippen LogP contribution in [0.5, 0.6) is 0 Å². The van der Waals surface area contributed by atoms with Gasteiger partial charge in [0, 0.05) is 23.9 Å². The Bertz CT molecular complexity index is 311. The zero-order valence-corrected chi connectivity index (χ0v) is 9.43. The maximum Gasteiger partial charge on any atom is 0.223 e. The third kappa shape index (κ3) is 2.47. The molecule has 0 aromatic rings. The minimum Gasteiger partial charge on any atom is -0.356 e. The molecule has 0 radical (unpaired) electrons. The first-order valence-electron chi connectivity index (χ1n) is 6.10. The highest BCUT2D eigenvalue weighted by atomic mass is 16.1. The van der Waals surface area contributed by atoms with Gasteiger partial charge in [-0.3, -0.25) is 4.79 Å². The molecule has 0 heterocycles. The van der Waals surface area contributed by atoms with Crippen LogP contribution < -0.4 is 5.32 Å². The standard InChI is InChI=1S/C11H18N4O/c12-15-14-5-1-4-13-11(16)10-7-8-2-3-9(10)6-8/h8-10H,1-7H2,(H,13,16). The highest BCUT2D eigenvalue weighted by Crippen LogP contribution is 2.48. The molecular weight excluding hydrogens is 204 g/mol. The normalized spacial score (nSPS) is 31.1. The van der Waals surface area contributed by atoms with Crippen molar-refractivity contribution < 1.29 is 4.79 Å². The van der Waals surface area contributed by atoms with Crippen molar-refractivity contribution in [2.45, 2.75) is 32.1 Å². The van der Waals surface area contributed by atoms with Crippen molar-refractivity contribution in [1.82, 2.24) is 5.32 Å². The molecule has 0 spiro atoms. The molecule has 0 saturated heterocycles. The highest BCUT2D eigenvalue weighted by Gasteiger charge is 2.42. The second kappa shape index (κ2) is 5.21. The number of fused-ring (bicyclic) bond motifs is 2. The SMILES string of the molecule is [N-]=[N+]=NCCCNC(=O)C1CC2CCC1C2. The van der Waals surface area contributed by atoms with Gasteiger partial charge in [-0.25, -0.2) is 0 Å². The van der Waals surface area contributed by atoms with E-state index in [9.17, 15) is 4.79 Å². The lowest BCUT2D eigenvalue weighted by molar-refractivity contribution is -0.126. The lowest BCUT2D eigenvalue weighted by Gasteiger charge is -2.20. The topological polar surface area (TPSA) is 77.9 Å². The van der Waals surface area contributed by atoms with Crippen molar-refractivity contribution in [2.24, 2.45) is 22.9 Å². The van der Waals surface area contributed by atoms with E-state index in [4.69, 9.17) is 5.53 Å². The van der Waals surface area contributed by atoms with Gasteiger partial charge in [-0.2, -0.15) is 0 Å². The summed E-state index contributed by atoms with van der Waals surface area (Å²) in [4.78, 5) is 14.5. The molecule has 2 bridgehead atoms. The van der Waals surface area contributed by atoms with Crippen molar-refractivity contribution in [3.63, 3.8) is 0 Å². The summed E-state index contributed by atoms with van der Waals surface area (Å²) in [5.74, 6) is 1.93. The first kappa shape index (κ1) is 11.3. The fourth-order valence-corrected chi connectivity index (χ4v) is 3.10. The first-order valence-corrected chi connectivity index (χ1v) is 6.10. The van der Waals surface area contributed by atoms with Gasteiger partial charge in [0.1, 0.15) is 0 Å². The molecule has 88 valence electrons. The summed E-state index contributed by atoms with van der Waals surface area (Å²) in [6.07, 6.45) is 5.65. The van der Waals surface area contributed by atoms with Gasteiger partial charge in [0.15, 0.2) is 0 Å². The largest absolute Gasteiger partial charge is 0.356 e. The number of nitrogens with zero attached hydrogens (tertiary/aromatic N) is 3. The number of nitrogens with one attached hydrogen (secondary N) is 1. The summed E-state index contributed by atoms with van der Waals surface area (Å²) < 4.78 is 0. The van der Waals surface area contributed by atoms with Crippen LogP contribution in [0, 0.1) is 17.8 Å². The minimum atomic E-state index is 0.216. The molecule has 5 nitrogen and oxygen atoms in total. The molecule has 0 aliphatic heterocycles. The molecule has 0 aromatic carbocycles. The van der Waals surface area contributed by atoms with Crippen LogP contribution in [-0.2, 0) is 4.79 Å². The summed E-state index contributed by atoms with van der Waals surface area (Å²) >= 11 is 0. The average molecular weight is 222 g/mol. The molecule has 2 rings (SSSR count). The zero-order chi connectivity index (χ0) is 11.4. The summed E-state index contributed by atoms with van der Waals surface area (Å²) in [6.45, 7) is 1.10. The van der Waals surface area contributed by atoms with Gasteiger partial charge in [-0.15, -0.1) is 0 Å². The van der Waals surface area contributed by atoms with E-state index in [2.05, 4.69) is 15.3 Å². The monoisotopic (exact) mass is 222 g/mol. The Hall–Kier alpha value is -1.22. The molecular formula is C11H18N4O. The molecule has 2 aliphatic carbocycles. The molecule has 0 aromatic heterocycles. The molecule has 2 aliphatic rings. The fraction of sp³-hybridized carbons (Fsp3) is 0.909. The molecule has 5 heteroatoms. The number of rotatable bonds is 5. The van der Waals surface area contributed by atoms with E-state index in [-0.39, 0.29) is 11.8 Å². The van der Waals surface area contributed by atoms with E-state index < -0.39 is 0 Å². The van der Waals surface area contributed by atoms with Crippen LogP contribution in [0.2, 0.25) is 0 Å². The first-order chi connectivity index (χ1) is 7.81. The van der Waals surface area contributed by atoms with Gasteiger partial charge in [-0.05, 0) is 43.1 Å². The van der Waals surface area contributed by atoms with Crippen molar-refractivity contribution in [3.05, 3.63) is 10.4 Å². The third-order valence-electron chi connectivity index (χ3n) is 3.87. The van der Waals surface area contributed by atoms with Crippen LogP contribution in [0.4, 0.5) is 0 Å². The van der Waals surface area contributed by atoms with Gasteiger partial charge in [0.05, 0.1) is 0 Å². The number of amides is 1. The Balaban J connectivity index is 1.66. The van der Waals surface area contributed by atoms with Crippen LogP contribution in [-0.4, -0.2) is 19.0 Å². The predicted octanol–water partition coefficient (Wildman–Crippen LogP) is 2.24. The summed E-state index contributed by atoms with van der Waals surface area (Å²) in [7, 11) is 0. The van der Waals surface area contributed by atoms with Gasteiger partial charge < -0.3 is 5.32 Å². The second-order valence-electron chi connectivity index (χ2n) is 4.88. The molecule has 2 saturated carbocycles. The summed E-state index contributed by atoms with van der Waals surface area (Å²) in [6, 6.07) is 0. The molecule has 1 N–H and O–H groups in total. The van der Waals surface area contributed by atoms with E-state index in [1.54, 1.807) is 0 Å². The predicted molar refractivity (Wildman–Crippen MR) is 60.6 cm³/mol. The minimum absolute atomic E-state index is 0.216. The van der Waals surface area contributed by atoms with Crippen molar-refractivity contribution >= 4 is 5.91 Å². The van der Waals surface area contributed by atoms with Crippen LogP contribution in [0.1, 0.15) is 32.1 Å². The number of carbonyl (C=O) groups is 1. The van der Waals surface area contributed by atoms with Crippen LogP contribution in [0.15, 0.2) is 5.11 Å². The van der Waals surface area contributed by atoms with Crippen molar-refractivity contribution in [2.75, 3.05) is 13.1 Å². The Morgan fingerprint density at radius 2 is 2.31 bits per heavy atom. The highest BCUT2D eigenvalue weighted by molar-refractivity contribution is 5.79. The molecule has 3 atom stereocenters. The number of carbonyl (C=O) groups excluding carboxylic acids is 1. The maximum absolute atomic E-state index is 11.9. The van der Waals surface area contributed by atoms with Crippen molar-refractivity contribution in [1.29, 1.82) is 0 Å². The van der Waals surface area contributed by atoms with Gasteiger partial charge in [-0.1, -0.05) is 11.5 Å². The quantitative estimate of drug-likeness (QED) is 0.329. The van der Waals surface area contributed by atoms with E-state index >= 15 is 0 Å². The van der Waals surface area contributed by atoms with Gasteiger partial charge in [0.25, 0.3) is 0 Å². The van der Waals surface area contributed by atoms with Gasteiger partial charge in [0.2, 0.25) is 5.91 Å². The second-order valence-corrected chi connectivity index (χ2v) is 4.88. The third-order valence-corrected chi connectivity index (χ3v) is 3.87. The van der Waals surface area contributed by atoms with E-state index in [1.165, 1.54) is 19.3 Å². The summed E-state index contributed by atoms with van der Waals surface area (Å²) in [5.41, 5.74) is 8.09. The molecule has 2 fully saturated rings. The molecule has 16 heavy (non-hydrogen) atoms. The smallest absolute Gasteiger partial charge is 0.223 e. The Kier molecular flexibility index (Phi) is 3.67. The van der Waals surface area contributed by atoms with E-state index in [0.29, 0.717) is 19.0 Å². The Labute approximate surface area is 95.2 Å². The maximum atomic E-state index is 11.9. The Morgan fingerprint density at radius 3 is 2.94 bits per heavy atom. The molecule has 1 amide bonds.